The van der Waals surface area contributed by atoms with Crippen molar-refractivity contribution in [2.45, 2.75) is 46.4 Å². The van der Waals surface area contributed by atoms with E-state index in [2.05, 4.69) is 20.4 Å². The van der Waals surface area contributed by atoms with E-state index >= 15 is 0 Å². The van der Waals surface area contributed by atoms with Crippen molar-refractivity contribution in [2.75, 3.05) is 39.3 Å². The summed E-state index contributed by atoms with van der Waals surface area (Å²) in [5, 5.41) is 6.58. The molecule has 10 heteroatoms. The maximum absolute atomic E-state index is 12.3. The van der Waals surface area contributed by atoms with Gasteiger partial charge in [-0.3, -0.25) is 14.5 Å². The van der Waals surface area contributed by atoms with Gasteiger partial charge in [0.25, 0.3) is 0 Å². The molecule has 28 heavy (non-hydrogen) atoms. The molecule has 1 unspecified atom stereocenters. The molecule has 1 aliphatic rings. The molecule has 0 radical (unpaired) electrons. The Hall–Kier alpha value is -2.04. The second-order valence-corrected chi connectivity index (χ2v) is 7.29. The Bertz CT molecular complexity index is 642. The molecule has 0 aliphatic carbocycles. The van der Waals surface area contributed by atoms with E-state index in [1.54, 1.807) is 4.90 Å². The number of ether oxygens (including phenoxy) is 1. The molecule has 2 heterocycles. The predicted molar refractivity (Wildman–Crippen MR) is 102 cm³/mol. The second-order valence-electron chi connectivity index (χ2n) is 7.29. The minimum atomic E-state index is -0.602. The van der Waals surface area contributed by atoms with Crippen LogP contribution in [0.2, 0.25) is 0 Å². The highest BCUT2D eigenvalue weighted by Crippen LogP contribution is 2.14. The number of amides is 2. The lowest BCUT2D eigenvalue weighted by atomic mass is 10.1. The van der Waals surface area contributed by atoms with Crippen LogP contribution in [0.5, 0.6) is 0 Å². The molecule has 0 aromatic carbocycles. The fourth-order valence-electron chi connectivity index (χ4n) is 2.86. The van der Waals surface area contributed by atoms with Crippen LogP contribution in [-0.4, -0.2) is 77.1 Å². The number of carbonyl (C=O) groups is 2. The number of aromatic nitrogens is 2. The van der Waals surface area contributed by atoms with E-state index in [1.165, 1.54) is 0 Å². The molecule has 1 aliphatic heterocycles. The molecule has 1 saturated heterocycles. The number of nitrogens with two attached hydrogens (primary N) is 1. The highest BCUT2D eigenvalue weighted by atomic mass is 16.5. The van der Waals surface area contributed by atoms with E-state index in [1.807, 2.05) is 27.7 Å². The largest absolute Gasteiger partial charge is 0.371 e. The lowest BCUT2D eigenvalue weighted by Gasteiger charge is -2.34. The van der Waals surface area contributed by atoms with Gasteiger partial charge in [-0.15, -0.1) is 0 Å². The molecular weight excluding hydrogens is 364 g/mol. The molecule has 2 amide bonds. The summed E-state index contributed by atoms with van der Waals surface area (Å²) in [5.41, 5.74) is 5.78. The van der Waals surface area contributed by atoms with E-state index < -0.39 is 6.04 Å². The number of piperazine rings is 1. The first-order valence-corrected chi connectivity index (χ1v) is 9.79. The number of hydrogen-bond acceptors (Lipinski definition) is 8. The van der Waals surface area contributed by atoms with Gasteiger partial charge in [0, 0.05) is 32.8 Å². The van der Waals surface area contributed by atoms with E-state index in [9.17, 15) is 9.59 Å². The molecule has 10 nitrogen and oxygen atoms in total. The summed E-state index contributed by atoms with van der Waals surface area (Å²) in [5.74, 6) is 0.711. The highest BCUT2D eigenvalue weighted by molar-refractivity contribution is 5.87. The van der Waals surface area contributed by atoms with Crippen molar-refractivity contribution in [3.05, 3.63) is 11.7 Å². The molecule has 158 valence electrons. The molecule has 0 bridgehead atoms. The van der Waals surface area contributed by atoms with Crippen LogP contribution in [0.3, 0.4) is 0 Å². The van der Waals surface area contributed by atoms with Crippen molar-refractivity contribution < 1.29 is 18.8 Å². The molecule has 2 rings (SSSR count). The van der Waals surface area contributed by atoms with Crippen molar-refractivity contribution >= 4 is 11.8 Å². The number of hydrogen-bond donors (Lipinski definition) is 2. The zero-order valence-corrected chi connectivity index (χ0v) is 17.2. The van der Waals surface area contributed by atoms with Crippen LogP contribution >= 0.6 is 0 Å². The van der Waals surface area contributed by atoms with Gasteiger partial charge in [0.05, 0.1) is 19.1 Å². The number of carbonyl (C=O) groups excluding carboxylic acids is 2. The van der Waals surface area contributed by atoms with E-state index in [-0.39, 0.29) is 30.4 Å². The summed E-state index contributed by atoms with van der Waals surface area (Å²) >= 11 is 0. The zero-order chi connectivity index (χ0) is 20.7. The summed E-state index contributed by atoms with van der Waals surface area (Å²) in [7, 11) is 0. The third-order valence-corrected chi connectivity index (χ3v) is 4.78. The summed E-state index contributed by atoms with van der Waals surface area (Å²) in [6.07, 6.45) is -0.198. The Morgan fingerprint density at radius 1 is 1.25 bits per heavy atom. The monoisotopic (exact) mass is 396 g/mol. The first kappa shape index (κ1) is 22.3. The number of nitrogens with one attached hydrogen (secondary N) is 1. The summed E-state index contributed by atoms with van der Waals surface area (Å²) in [6.45, 7) is 11.2. The van der Waals surface area contributed by atoms with Crippen LogP contribution in [0.15, 0.2) is 4.52 Å². The van der Waals surface area contributed by atoms with Gasteiger partial charge >= 0.3 is 0 Å². The predicted octanol–water partition coefficient (Wildman–Crippen LogP) is -0.0892. The Morgan fingerprint density at radius 3 is 2.54 bits per heavy atom. The van der Waals surface area contributed by atoms with Gasteiger partial charge in [0.15, 0.2) is 5.82 Å². The van der Waals surface area contributed by atoms with Gasteiger partial charge in [-0.1, -0.05) is 19.0 Å². The van der Waals surface area contributed by atoms with Crippen LogP contribution in [-0.2, 0) is 20.9 Å². The minimum absolute atomic E-state index is 0.0262. The summed E-state index contributed by atoms with van der Waals surface area (Å²) in [6, 6.07) is -0.602. The Balaban J connectivity index is 1.73. The van der Waals surface area contributed by atoms with Crippen LogP contribution < -0.4 is 11.1 Å². The minimum Gasteiger partial charge on any atom is -0.371 e. The highest BCUT2D eigenvalue weighted by Gasteiger charge is 2.24. The van der Waals surface area contributed by atoms with Gasteiger partial charge in [-0.05, 0) is 19.8 Å². The second kappa shape index (κ2) is 10.5. The fourth-order valence-corrected chi connectivity index (χ4v) is 2.86. The van der Waals surface area contributed by atoms with Crippen LogP contribution in [0, 0.1) is 5.92 Å². The third-order valence-electron chi connectivity index (χ3n) is 4.78. The smallest absolute Gasteiger partial charge is 0.242 e. The lowest BCUT2D eigenvalue weighted by Crippen LogP contribution is -2.52. The first-order chi connectivity index (χ1) is 13.3. The van der Waals surface area contributed by atoms with Crippen LogP contribution in [0.4, 0.5) is 0 Å². The summed E-state index contributed by atoms with van der Waals surface area (Å²) in [4.78, 5) is 32.4. The van der Waals surface area contributed by atoms with Gasteiger partial charge in [-0.25, -0.2) is 0 Å². The topological polar surface area (TPSA) is 127 Å². The van der Waals surface area contributed by atoms with Crippen molar-refractivity contribution in [3.63, 3.8) is 0 Å². The van der Waals surface area contributed by atoms with Crippen molar-refractivity contribution in [2.24, 2.45) is 11.7 Å². The lowest BCUT2D eigenvalue weighted by molar-refractivity contribution is -0.134. The molecule has 0 saturated carbocycles. The maximum atomic E-state index is 12.3. The normalized spacial score (nSPS) is 17.6. The van der Waals surface area contributed by atoms with E-state index in [0.29, 0.717) is 51.0 Å². The Kier molecular flexibility index (Phi) is 8.34. The Labute approximate surface area is 165 Å². The quantitative estimate of drug-likeness (QED) is 0.593. The van der Waals surface area contributed by atoms with Crippen molar-refractivity contribution in [1.82, 2.24) is 25.3 Å². The van der Waals surface area contributed by atoms with Crippen LogP contribution in [0.1, 0.15) is 45.5 Å². The van der Waals surface area contributed by atoms with Gasteiger partial charge in [0.1, 0.15) is 6.10 Å². The average Bonchev–Trinajstić information content (AvgIpc) is 3.14. The first-order valence-electron chi connectivity index (χ1n) is 9.79. The molecule has 1 aromatic rings. The van der Waals surface area contributed by atoms with E-state index in [0.717, 1.165) is 0 Å². The van der Waals surface area contributed by atoms with Gasteiger partial charge in [0.2, 0.25) is 17.7 Å². The molecular formula is C18H32N6O4. The molecule has 1 aromatic heterocycles. The maximum Gasteiger partial charge on any atom is 0.242 e. The molecule has 3 N–H and O–H groups in total. The summed E-state index contributed by atoms with van der Waals surface area (Å²) < 4.78 is 10.8. The number of rotatable bonds is 9. The Morgan fingerprint density at radius 2 is 1.93 bits per heavy atom. The SMILES string of the molecule is CCOC(C)c1noc(CN2CCN(C(=O)CNC(=O)[C@@H](N)C(C)C)CC2)n1. The standard InChI is InChI=1S/C18H32N6O4/c1-5-27-13(4)17-21-14(28-22-17)11-23-6-8-24(9-7-23)15(25)10-20-18(26)16(19)12(2)3/h12-13,16H,5-11,19H2,1-4H3,(H,20,26)/t13?,16-/m0/s1. The molecule has 2 atom stereocenters. The van der Waals surface area contributed by atoms with Gasteiger partial charge < -0.3 is 25.2 Å². The third kappa shape index (κ3) is 6.25. The average molecular weight is 396 g/mol. The van der Waals surface area contributed by atoms with Crippen LogP contribution in [0.25, 0.3) is 0 Å². The van der Waals surface area contributed by atoms with Crippen molar-refractivity contribution in [1.29, 1.82) is 0 Å². The number of nitrogens with zero attached hydrogens (tertiary/aromatic N) is 4. The molecule has 0 spiro atoms. The van der Waals surface area contributed by atoms with E-state index in [4.69, 9.17) is 15.0 Å². The molecule has 1 fully saturated rings. The van der Waals surface area contributed by atoms with Crippen molar-refractivity contribution in [3.8, 4) is 0 Å². The van der Waals surface area contributed by atoms with Gasteiger partial charge in [-0.2, -0.15) is 4.98 Å². The zero-order valence-electron chi connectivity index (χ0n) is 17.2. The fraction of sp³-hybridized carbons (Fsp3) is 0.778.